The summed E-state index contributed by atoms with van der Waals surface area (Å²) in [4.78, 5) is 1.54. The first kappa shape index (κ1) is 4.60. The molecule has 0 aromatic rings. The molecule has 38 valence electrons. The first-order valence-corrected chi connectivity index (χ1v) is 2.41. The molecular formula is C3H6N3P. The molecule has 0 spiro atoms. The number of nitrogens with one attached hydrogen (secondary N) is 1. The summed E-state index contributed by atoms with van der Waals surface area (Å²) < 4.78 is 0. The molecule has 0 bridgehead atoms. The van der Waals surface area contributed by atoms with Gasteiger partial charge in [0, 0.05) is 15.6 Å². The van der Waals surface area contributed by atoms with Crippen LogP contribution in [0.25, 0.3) is 0 Å². The van der Waals surface area contributed by atoms with Crippen LogP contribution in [0.15, 0.2) is 17.4 Å². The normalized spacial score (nSPS) is 17.0. The molecule has 4 heteroatoms. The van der Waals surface area contributed by atoms with Crippen LogP contribution in [-0.4, -0.2) is 11.1 Å². The Morgan fingerprint density at radius 2 is 2.57 bits per heavy atom. The van der Waals surface area contributed by atoms with Crippen molar-refractivity contribution < 1.29 is 0 Å². The van der Waals surface area contributed by atoms with E-state index in [1.54, 1.807) is 17.3 Å². The van der Waals surface area contributed by atoms with Crippen LogP contribution in [0, 0.1) is 0 Å². The highest BCUT2D eigenvalue weighted by Crippen LogP contribution is 1.94. The Labute approximate surface area is 44.3 Å². The summed E-state index contributed by atoms with van der Waals surface area (Å²) in [6, 6.07) is 0. The Hall–Kier alpha value is -0.560. The van der Waals surface area contributed by atoms with Crippen molar-refractivity contribution in [3.63, 3.8) is 0 Å². The summed E-state index contributed by atoms with van der Waals surface area (Å²) >= 11 is 0. The lowest BCUT2D eigenvalue weighted by molar-refractivity contribution is 0.430. The molecule has 1 atom stereocenters. The summed E-state index contributed by atoms with van der Waals surface area (Å²) in [5, 5.41) is 3.80. The van der Waals surface area contributed by atoms with Gasteiger partial charge < -0.3 is 0 Å². The van der Waals surface area contributed by atoms with Crippen molar-refractivity contribution in [1.82, 2.24) is 10.3 Å². The molecule has 1 unspecified atom stereocenters. The lowest BCUT2D eigenvalue weighted by Crippen LogP contribution is -2.20. The molecule has 0 fully saturated rings. The van der Waals surface area contributed by atoms with Gasteiger partial charge in [-0.15, -0.1) is 0 Å². The lowest BCUT2D eigenvalue weighted by Gasteiger charge is -2.12. The summed E-state index contributed by atoms with van der Waals surface area (Å²) in [7, 11) is 2.38. The molecule has 0 aromatic carbocycles. The summed E-state index contributed by atoms with van der Waals surface area (Å²) in [5.41, 5.74) is 2.80. The average Bonchev–Trinajstić information content (AvgIpc) is 1.69. The zero-order chi connectivity index (χ0) is 5.11. The zero-order valence-electron chi connectivity index (χ0n) is 3.70. The molecule has 1 aliphatic rings. The van der Waals surface area contributed by atoms with Gasteiger partial charge in [-0.25, -0.2) is 0 Å². The maximum atomic E-state index is 3.80. The fourth-order valence-corrected chi connectivity index (χ4v) is 0.469. The highest BCUT2D eigenvalue weighted by molar-refractivity contribution is 7.13. The number of hydrogen-bond acceptors (Lipinski definition) is 3. The van der Waals surface area contributed by atoms with E-state index in [0.717, 1.165) is 0 Å². The Bertz CT molecular complexity index is 109. The Kier molecular flexibility index (Phi) is 1.27. The molecule has 0 aromatic heterocycles. The number of allylic oxidation sites excluding steroid dienone is 1. The minimum Gasteiger partial charge on any atom is -0.287 e. The molecule has 0 saturated heterocycles. The van der Waals surface area contributed by atoms with E-state index in [4.69, 9.17) is 0 Å². The molecule has 7 heavy (non-hydrogen) atoms. The fraction of sp³-hybridized carbons (Fsp3) is 0. The van der Waals surface area contributed by atoms with Crippen molar-refractivity contribution >= 4 is 15.6 Å². The van der Waals surface area contributed by atoms with Gasteiger partial charge in [-0.1, -0.05) is 0 Å². The number of hydrogen-bond donors (Lipinski definition) is 1. The molecule has 3 nitrogen and oxygen atoms in total. The second-order valence-corrected chi connectivity index (χ2v) is 1.59. The van der Waals surface area contributed by atoms with E-state index in [1.807, 2.05) is 6.08 Å². The predicted molar refractivity (Wildman–Crippen MR) is 32.3 cm³/mol. The average molecular weight is 115 g/mol. The van der Waals surface area contributed by atoms with Crippen LogP contribution < -0.4 is 5.43 Å². The van der Waals surface area contributed by atoms with Crippen LogP contribution in [0.1, 0.15) is 0 Å². The van der Waals surface area contributed by atoms with E-state index in [0.29, 0.717) is 0 Å². The largest absolute Gasteiger partial charge is 0.287 e. The third-order valence-corrected chi connectivity index (χ3v) is 0.863. The molecule has 0 aliphatic carbocycles. The number of hydrazone groups is 1. The molecule has 1 N–H and O–H groups in total. The van der Waals surface area contributed by atoms with Crippen LogP contribution in [0.5, 0.6) is 0 Å². The molecule has 1 rings (SSSR count). The van der Waals surface area contributed by atoms with Crippen LogP contribution >= 0.6 is 9.39 Å². The van der Waals surface area contributed by atoms with Gasteiger partial charge in [-0.2, -0.15) is 9.99 Å². The first-order valence-electron chi connectivity index (χ1n) is 1.90. The van der Waals surface area contributed by atoms with Gasteiger partial charge in [-0.05, 0) is 6.08 Å². The second-order valence-electron chi connectivity index (χ2n) is 1.10. The minimum atomic E-state index is 1.54. The summed E-state index contributed by atoms with van der Waals surface area (Å²) in [6.45, 7) is 0. The van der Waals surface area contributed by atoms with Crippen molar-refractivity contribution in [2.75, 3.05) is 0 Å². The zero-order valence-corrected chi connectivity index (χ0v) is 4.86. The maximum Gasteiger partial charge on any atom is 0.0508 e. The van der Waals surface area contributed by atoms with Gasteiger partial charge in [0.25, 0.3) is 0 Å². The van der Waals surface area contributed by atoms with Gasteiger partial charge in [0.2, 0.25) is 0 Å². The Balaban J connectivity index is 2.49. The van der Waals surface area contributed by atoms with Crippen LogP contribution in [0.2, 0.25) is 0 Å². The molecule has 0 saturated carbocycles. The van der Waals surface area contributed by atoms with Crippen LogP contribution in [-0.2, 0) is 0 Å². The SMILES string of the molecule is PN1N=CC=CN1. The Morgan fingerprint density at radius 1 is 1.71 bits per heavy atom. The fourth-order valence-electron chi connectivity index (χ4n) is 0.306. The highest BCUT2D eigenvalue weighted by atomic mass is 31.0. The van der Waals surface area contributed by atoms with E-state index in [-0.39, 0.29) is 0 Å². The van der Waals surface area contributed by atoms with E-state index in [2.05, 4.69) is 19.9 Å². The van der Waals surface area contributed by atoms with Crippen molar-refractivity contribution in [2.45, 2.75) is 0 Å². The summed E-state index contributed by atoms with van der Waals surface area (Å²) in [5.74, 6) is 0. The van der Waals surface area contributed by atoms with Crippen molar-refractivity contribution in [2.24, 2.45) is 5.10 Å². The number of nitrogens with zero attached hydrogens (tertiary/aromatic N) is 2. The minimum absolute atomic E-state index is 1.54. The smallest absolute Gasteiger partial charge is 0.0508 e. The Morgan fingerprint density at radius 3 is 2.86 bits per heavy atom. The van der Waals surface area contributed by atoms with Crippen LogP contribution in [0.3, 0.4) is 0 Å². The van der Waals surface area contributed by atoms with E-state index in [1.165, 1.54) is 0 Å². The third kappa shape index (κ3) is 1.16. The monoisotopic (exact) mass is 115 g/mol. The van der Waals surface area contributed by atoms with E-state index >= 15 is 0 Å². The molecule has 0 radical (unpaired) electrons. The van der Waals surface area contributed by atoms with Crippen LogP contribution in [0.4, 0.5) is 0 Å². The molecule has 1 heterocycles. The first-order chi connectivity index (χ1) is 3.39. The molecule has 1 aliphatic heterocycles. The highest BCUT2D eigenvalue weighted by Gasteiger charge is 1.84. The van der Waals surface area contributed by atoms with Gasteiger partial charge in [-0.3, -0.25) is 5.43 Å². The van der Waals surface area contributed by atoms with Crippen molar-refractivity contribution in [3.05, 3.63) is 12.3 Å². The number of rotatable bonds is 0. The second kappa shape index (κ2) is 1.94. The predicted octanol–water partition coefficient (Wildman–Crippen LogP) is 0.0962. The number of hydrazine groups is 1. The van der Waals surface area contributed by atoms with E-state index < -0.39 is 0 Å². The summed E-state index contributed by atoms with van der Waals surface area (Å²) in [6.07, 6.45) is 5.31. The third-order valence-electron chi connectivity index (χ3n) is 0.580. The van der Waals surface area contributed by atoms with Gasteiger partial charge in [0.05, 0.1) is 6.21 Å². The standard InChI is InChI=1S/C3H6N3P/c7-6-4-2-1-3-5-6/h1-4H,7H2. The molecule has 0 amide bonds. The lowest BCUT2D eigenvalue weighted by atomic mass is 10.7. The molecular weight excluding hydrogens is 109 g/mol. The topological polar surface area (TPSA) is 27.6 Å². The van der Waals surface area contributed by atoms with Gasteiger partial charge >= 0.3 is 0 Å². The van der Waals surface area contributed by atoms with E-state index in [9.17, 15) is 0 Å². The maximum absolute atomic E-state index is 3.80. The van der Waals surface area contributed by atoms with Crippen molar-refractivity contribution in [3.8, 4) is 0 Å². The quantitative estimate of drug-likeness (QED) is 0.453. The van der Waals surface area contributed by atoms with Crippen molar-refractivity contribution in [1.29, 1.82) is 0 Å². The van der Waals surface area contributed by atoms with Gasteiger partial charge in [0.1, 0.15) is 0 Å². The van der Waals surface area contributed by atoms with Gasteiger partial charge in [0.15, 0.2) is 0 Å².